The molecule has 6 heteroatoms. The lowest BCUT2D eigenvalue weighted by Crippen LogP contribution is -2.10. The first-order valence-electron chi connectivity index (χ1n) is 5.14. The second-order valence-electron chi connectivity index (χ2n) is 3.81. The molecule has 2 nitrogen and oxygen atoms in total. The summed E-state index contributed by atoms with van der Waals surface area (Å²) in [5, 5.41) is 1.52. The van der Waals surface area contributed by atoms with Crippen LogP contribution in [0.1, 0.15) is 10.4 Å². The maximum atomic E-state index is 11.2. The summed E-state index contributed by atoms with van der Waals surface area (Å²) in [6, 6.07) is 7.80. The Morgan fingerprint density at radius 2 is 1.37 bits per heavy atom. The quantitative estimate of drug-likeness (QED) is 0.766. The molecule has 0 fully saturated rings. The van der Waals surface area contributed by atoms with Crippen molar-refractivity contribution >= 4 is 52.3 Å². The van der Waals surface area contributed by atoms with Gasteiger partial charge in [0.25, 0.3) is 0 Å². The molecule has 2 rings (SSSR count). The standard InChI is InChI=1S/C13H7Cl4NO/c14-9-2-1-6(13(18)19)3-7(9)8-4-11(16)12(17)5-10(8)15/h1-5H,(H2,18,19). The molecule has 0 atom stereocenters. The van der Waals surface area contributed by atoms with Crippen LogP contribution in [0.2, 0.25) is 20.1 Å². The summed E-state index contributed by atoms with van der Waals surface area (Å²) >= 11 is 24.1. The summed E-state index contributed by atoms with van der Waals surface area (Å²) in [7, 11) is 0. The van der Waals surface area contributed by atoms with Gasteiger partial charge >= 0.3 is 0 Å². The number of hydrogen-bond donors (Lipinski definition) is 1. The highest BCUT2D eigenvalue weighted by atomic mass is 35.5. The molecule has 2 aromatic carbocycles. The zero-order valence-corrected chi connectivity index (χ0v) is 12.4. The molecule has 0 unspecified atom stereocenters. The van der Waals surface area contributed by atoms with Gasteiger partial charge in [-0.05, 0) is 30.3 Å². The molecule has 0 saturated carbocycles. The number of carbonyl (C=O) groups excluding carboxylic acids is 1. The van der Waals surface area contributed by atoms with Crippen LogP contribution in [0.4, 0.5) is 0 Å². The van der Waals surface area contributed by atoms with Gasteiger partial charge in [-0.25, -0.2) is 0 Å². The van der Waals surface area contributed by atoms with Crippen molar-refractivity contribution < 1.29 is 4.79 Å². The maximum absolute atomic E-state index is 11.2. The predicted octanol–water partition coefficient (Wildman–Crippen LogP) is 5.07. The molecule has 0 bridgehead atoms. The molecule has 0 heterocycles. The summed E-state index contributed by atoms with van der Waals surface area (Å²) in [5.74, 6) is -0.547. The third kappa shape index (κ3) is 2.98. The van der Waals surface area contributed by atoms with Crippen molar-refractivity contribution in [1.29, 1.82) is 0 Å². The van der Waals surface area contributed by atoms with Gasteiger partial charge in [-0.3, -0.25) is 4.79 Å². The smallest absolute Gasteiger partial charge is 0.248 e. The van der Waals surface area contributed by atoms with Gasteiger partial charge in [0.15, 0.2) is 0 Å². The normalized spacial score (nSPS) is 10.5. The lowest BCUT2D eigenvalue weighted by molar-refractivity contribution is 0.100. The van der Waals surface area contributed by atoms with E-state index < -0.39 is 5.91 Å². The first-order chi connectivity index (χ1) is 8.90. The highest BCUT2D eigenvalue weighted by Gasteiger charge is 2.13. The van der Waals surface area contributed by atoms with E-state index in [0.29, 0.717) is 36.8 Å². The zero-order valence-electron chi connectivity index (χ0n) is 9.38. The van der Waals surface area contributed by atoms with Crippen LogP contribution in [0, 0.1) is 0 Å². The molecule has 1 amide bonds. The first kappa shape index (κ1) is 14.5. The number of nitrogens with two attached hydrogens (primary N) is 1. The first-order valence-corrected chi connectivity index (χ1v) is 6.65. The fraction of sp³-hybridized carbons (Fsp3) is 0. The van der Waals surface area contributed by atoms with E-state index in [9.17, 15) is 4.79 Å². The highest BCUT2D eigenvalue weighted by Crippen LogP contribution is 2.38. The summed E-state index contributed by atoms with van der Waals surface area (Å²) < 4.78 is 0. The van der Waals surface area contributed by atoms with E-state index >= 15 is 0 Å². The van der Waals surface area contributed by atoms with Gasteiger partial charge in [-0.15, -0.1) is 0 Å². The third-order valence-corrected chi connectivity index (χ3v) is 3.92. The van der Waals surface area contributed by atoms with Crippen molar-refractivity contribution in [2.75, 3.05) is 0 Å². The Labute approximate surface area is 130 Å². The maximum Gasteiger partial charge on any atom is 0.248 e. The Kier molecular flexibility index (Phi) is 4.26. The van der Waals surface area contributed by atoms with Crippen molar-refractivity contribution in [2.24, 2.45) is 5.73 Å². The van der Waals surface area contributed by atoms with E-state index in [1.807, 2.05) is 0 Å². The van der Waals surface area contributed by atoms with Crippen LogP contribution >= 0.6 is 46.4 Å². The summed E-state index contributed by atoms with van der Waals surface area (Å²) in [5.41, 5.74) is 6.73. The molecule has 2 aromatic rings. The minimum Gasteiger partial charge on any atom is -0.366 e. The molecule has 19 heavy (non-hydrogen) atoms. The Morgan fingerprint density at radius 1 is 0.789 bits per heavy atom. The van der Waals surface area contributed by atoms with E-state index in [1.165, 1.54) is 6.07 Å². The van der Waals surface area contributed by atoms with Gasteiger partial charge in [0.05, 0.1) is 15.1 Å². The SMILES string of the molecule is NC(=O)c1ccc(Cl)c(-c2cc(Cl)c(Cl)cc2Cl)c1. The largest absolute Gasteiger partial charge is 0.366 e. The van der Waals surface area contributed by atoms with E-state index in [4.69, 9.17) is 52.1 Å². The van der Waals surface area contributed by atoms with Crippen molar-refractivity contribution in [3.05, 3.63) is 56.0 Å². The molecular formula is C13H7Cl4NO. The number of halogens is 4. The summed E-state index contributed by atoms with van der Waals surface area (Å²) in [4.78, 5) is 11.2. The third-order valence-electron chi connectivity index (χ3n) is 2.55. The van der Waals surface area contributed by atoms with E-state index in [-0.39, 0.29) is 0 Å². The van der Waals surface area contributed by atoms with Crippen molar-refractivity contribution in [1.82, 2.24) is 0 Å². The topological polar surface area (TPSA) is 43.1 Å². The van der Waals surface area contributed by atoms with Gasteiger partial charge in [0.1, 0.15) is 0 Å². The van der Waals surface area contributed by atoms with Crippen LogP contribution in [0.15, 0.2) is 30.3 Å². The molecule has 0 spiro atoms. The van der Waals surface area contributed by atoms with Crippen molar-refractivity contribution in [2.45, 2.75) is 0 Å². The van der Waals surface area contributed by atoms with Crippen molar-refractivity contribution in [3.63, 3.8) is 0 Å². The Balaban J connectivity index is 2.67. The molecule has 0 aliphatic heterocycles. The van der Waals surface area contributed by atoms with Crippen LogP contribution < -0.4 is 5.73 Å². The van der Waals surface area contributed by atoms with Gasteiger partial charge in [-0.2, -0.15) is 0 Å². The number of rotatable bonds is 2. The fourth-order valence-corrected chi connectivity index (χ4v) is 2.48. The molecule has 0 aliphatic rings. The molecule has 2 N–H and O–H groups in total. The Hall–Kier alpha value is -0.930. The van der Waals surface area contributed by atoms with Gasteiger partial charge in [0.2, 0.25) is 5.91 Å². The molecule has 0 saturated heterocycles. The summed E-state index contributed by atoms with van der Waals surface area (Å²) in [6.07, 6.45) is 0. The monoisotopic (exact) mass is 333 g/mol. The minimum atomic E-state index is -0.547. The van der Waals surface area contributed by atoms with E-state index in [2.05, 4.69) is 0 Å². The lowest BCUT2D eigenvalue weighted by Gasteiger charge is -2.10. The molecular weight excluding hydrogens is 328 g/mol. The number of amides is 1. The Morgan fingerprint density at radius 3 is 2.00 bits per heavy atom. The molecule has 0 aromatic heterocycles. The van der Waals surface area contributed by atoms with Crippen LogP contribution in [0.3, 0.4) is 0 Å². The average Bonchev–Trinajstić information content (AvgIpc) is 2.34. The average molecular weight is 335 g/mol. The number of primary amides is 1. The van der Waals surface area contributed by atoms with E-state index in [0.717, 1.165) is 0 Å². The lowest BCUT2D eigenvalue weighted by atomic mass is 10.0. The van der Waals surface area contributed by atoms with Crippen LogP contribution in [0.5, 0.6) is 0 Å². The van der Waals surface area contributed by atoms with Crippen LogP contribution in [-0.2, 0) is 0 Å². The highest BCUT2D eigenvalue weighted by molar-refractivity contribution is 6.44. The molecule has 0 radical (unpaired) electrons. The van der Waals surface area contributed by atoms with Crippen LogP contribution in [0.25, 0.3) is 11.1 Å². The number of hydrogen-bond acceptors (Lipinski definition) is 1. The fourth-order valence-electron chi connectivity index (χ4n) is 1.61. The second-order valence-corrected chi connectivity index (χ2v) is 5.43. The second kappa shape index (κ2) is 5.59. The van der Waals surface area contributed by atoms with E-state index in [1.54, 1.807) is 24.3 Å². The molecule has 0 aliphatic carbocycles. The zero-order chi connectivity index (χ0) is 14.2. The number of benzene rings is 2. The van der Waals surface area contributed by atoms with Gasteiger partial charge < -0.3 is 5.73 Å². The van der Waals surface area contributed by atoms with Crippen molar-refractivity contribution in [3.8, 4) is 11.1 Å². The summed E-state index contributed by atoms with van der Waals surface area (Å²) in [6.45, 7) is 0. The molecule has 98 valence electrons. The van der Waals surface area contributed by atoms with Gasteiger partial charge in [0, 0.05) is 21.7 Å². The number of carbonyl (C=O) groups is 1. The minimum absolute atomic E-state index is 0.335. The Bertz CT molecular complexity index is 670. The predicted molar refractivity (Wildman–Crippen MR) is 80.4 cm³/mol. The van der Waals surface area contributed by atoms with Crippen LogP contribution in [-0.4, -0.2) is 5.91 Å². The van der Waals surface area contributed by atoms with Gasteiger partial charge in [-0.1, -0.05) is 46.4 Å².